The highest BCUT2D eigenvalue weighted by atomic mass is 19.1. The Morgan fingerprint density at radius 2 is 1.74 bits per heavy atom. The Kier molecular flexibility index (Phi) is 9.81. The molecule has 0 saturated heterocycles. The molecule has 9 nitrogen and oxygen atoms in total. The highest BCUT2D eigenvalue weighted by Gasteiger charge is 2.34. The van der Waals surface area contributed by atoms with E-state index in [4.69, 9.17) is 9.26 Å². The average molecular weight is 539 g/mol. The molecule has 0 aliphatic rings. The summed E-state index contributed by atoms with van der Waals surface area (Å²) in [7, 11) is 1.54. The van der Waals surface area contributed by atoms with Crippen molar-refractivity contribution >= 4 is 23.5 Å². The molecule has 3 aromatic rings. The molecule has 2 aromatic carbocycles. The quantitative estimate of drug-likeness (QED) is 0.338. The number of methoxy groups -OCH3 is 1. The van der Waals surface area contributed by atoms with Gasteiger partial charge in [0.15, 0.2) is 5.82 Å². The van der Waals surface area contributed by atoms with Gasteiger partial charge in [-0.3, -0.25) is 14.4 Å². The van der Waals surface area contributed by atoms with Gasteiger partial charge in [-0.25, -0.2) is 4.39 Å². The highest BCUT2D eigenvalue weighted by molar-refractivity contribution is 5.94. The SMILES string of the molecule is CCC(C)(C)NC(=O)[C@@H](c1ccc(OC)cc1)N(Cc1ccc(F)cc1)C(=O)CCC(=O)Nc1cc(C)on1. The highest BCUT2D eigenvalue weighted by Crippen LogP contribution is 2.28. The first-order chi connectivity index (χ1) is 18.5. The lowest BCUT2D eigenvalue weighted by Gasteiger charge is -2.35. The Bertz CT molecular complexity index is 1270. The standard InChI is InChI=1S/C29H35FN4O5/c1-6-29(3,4)32-28(37)27(21-9-13-23(38-5)14-10-21)34(18-20-7-11-22(30)12-8-20)26(36)16-15-25(35)31-24-17-19(2)39-33-24/h7-14,17,27H,6,15-16,18H2,1-5H3,(H,32,37)(H,31,33,35)/t27-/m1/s1. The van der Waals surface area contributed by atoms with Gasteiger partial charge in [0, 0.05) is 31.0 Å². The number of anilines is 1. The summed E-state index contributed by atoms with van der Waals surface area (Å²) < 4.78 is 23.8. The zero-order valence-electron chi connectivity index (χ0n) is 22.9. The fraction of sp³-hybridized carbons (Fsp3) is 0.379. The predicted molar refractivity (Wildman–Crippen MR) is 144 cm³/mol. The third-order valence-electron chi connectivity index (χ3n) is 6.38. The molecule has 39 heavy (non-hydrogen) atoms. The van der Waals surface area contributed by atoms with E-state index in [2.05, 4.69) is 15.8 Å². The van der Waals surface area contributed by atoms with Crippen LogP contribution >= 0.6 is 0 Å². The molecule has 0 aliphatic heterocycles. The number of nitrogens with zero attached hydrogens (tertiary/aromatic N) is 2. The number of nitrogens with one attached hydrogen (secondary N) is 2. The van der Waals surface area contributed by atoms with Crippen LogP contribution in [0.3, 0.4) is 0 Å². The minimum atomic E-state index is -1.01. The molecule has 2 N–H and O–H groups in total. The summed E-state index contributed by atoms with van der Waals surface area (Å²) in [6.45, 7) is 7.48. The number of ether oxygens (including phenoxy) is 1. The lowest BCUT2D eigenvalue weighted by molar-refractivity contribution is -0.142. The van der Waals surface area contributed by atoms with Gasteiger partial charge in [-0.1, -0.05) is 36.3 Å². The number of hydrogen-bond acceptors (Lipinski definition) is 6. The summed E-state index contributed by atoms with van der Waals surface area (Å²) in [4.78, 5) is 41.4. The maximum absolute atomic E-state index is 13.8. The van der Waals surface area contributed by atoms with Crippen molar-refractivity contribution in [3.8, 4) is 5.75 Å². The maximum atomic E-state index is 13.8. The first-order valence-electron chi connectivity index (χ1n) is 12.7. The van der Waals surface area contributed by atoms with Gasteiger partial charge in [-0.2, -0.15) is 0 Å². The van der Waals surface area contributed by atoms with E-state index in [1.807, 2.05) is 20.8 Å². The molecule has 1 atom stereocenters. The van der Waals surface area contributed by atoms with Crippen LogP contribution in [0, 0.1) is 12.7 Å². The third-order valence-corrected chi connectivity index (χ3v) is 6.38. The fourth-order valence-corrected chi connectivity index (χ4v) is 3.85. The van der Waals surface area contributed by atoms with Crippen molar-refractivity contribution in [2.75, 3.05) is 12.4 Å². The number of benzene rings is 2. The first-order valence-corrected chi connectivity index (χ1v) is 12.7. The summed E-state index contributed by atoms with van der Waals surface area (Å²) in [5.74, 6) is -0.230. The van der Waals surface area contributed by atoms with Crippen molar-refractivity contribution in [3.05, 3.63) is 77.3 Å². The third kappa shape index (κ3) is 8.39. The summed E-state index contributed by atoms with van der Waals surface area (Å²) in [5.41, 5.74) is 0.675. The second-order valence-corrected chi connectivity index (χ2v) is 9.92. The van der Waals surface area contributed by atoms with E-state index in [0.29, 0.717) is 29.1 Å². The smallest absolute Gasteiger partial charge is 0.247 e. The maximum Gasteiger partial charge on any atom is 0.247 e. The van der Waals surface area contributed by atoms with Crippen LogP contribution in [0.1, 0.15) is 63.0 Å². The van der Waals surface area contributed by atoms with Gasteiger partial charge in [0.1, 0.15) is 23.4 Å². The van der Waals surface area contributed by atoms with Gasteiger partial charge >= 0.3 is 0 Å². The number of hydrogen-bond donors (Lipinski definition) is 2. The van der Waals surface area contributed by atoms with Crippen molar-refractivity contribution in [1.29, 1.82) is 0 Å². The number of carbonyl (C=O) groups excluding carboxylic acids is 3. The molecule has 3 amide bonds. The van der Waals surface area contributed by atoms with Gasteiger partial charge < -0.3 is 24.8 Å². The summed E-state index contributed by atoms with van der Waals surface area (Å²) in [6.07, 6.45) is 0.366. The Labute approximate surface area is 227 Å². The second-order valence-electron chi connectivity index (χ2n) is 9.92. The van der Waals surface area contributed by atoms with E-state index >= 15 is 0 Å². The molecule has 0 radical (unpaired) electrons. The van der Waals surface area contributed by atoms with Crippen molar-refractivity contribution in [3.63, 3.8) is 0 Å². The zero-order chi connectivity index (χ0) is 28.6. The van der Waals surface area contributed by atoms with Crippen LogP contribution in [0.2, 0.25) is 0 Å². The zero-order valence-corrected chi connectivity index (χ0v) is 22.9. The molecule has 0 saturated carbocycles. The number of rotatable bonds is 12. The van der Waals surface area contributed by atoms with Crippen molar-refractivity contribution in [1.82, 2.24) is 15.4 Å². The number of aryl methyl sites for hydroxylation is 1. The number of carbonyl (C=O) groups is 3. The van der Waals surface area contributed by atoms with Crippen LogP contribution in [-0.2, 0) is 20.9 Å². The average Bonchev–Trinajstić information content (AvgIpc) is 3.32. The molecule has 1 aromatic heterocycles. The number of aromatic nitrogens is 1. The molecule has 10 heteroatoms. The molecule has 1 heterocycles. The number of halogens is 1. The van der Waals surface area contributed by atoms with Crippen molar-refractivity contribution in [2.45, 2.75) is 65.1 Å². The van der Waals surface area contributed by atoms with Crippen LogP contribution in [0.25, 0.3) is 0 Å². The van der Waals surface area contributed by atoms with Gasteiger partial charge in [-0.05, 0) is 62.6 Å². The monoisotopic (exact) mass is 538 g/mol. The minimum absolute atomic E-state index is 0.0277. The van der Waals surface area contributed by atoms with Gasteiger partial charge in [0.25, 0.3) is 0 Å². The topological polar surface area (TPSA) is 114 Å². The molecule has 3 rings (SSSR count). The van der Waals surface area contributed by atoms with Gasteiger partial charge in [0.2, 0.25) is 17.7 Å². The molecule has 0 bridgehead atoms. The summed E-state index contributed by atoms with van der Waals surface area (Å²) >= 11 is 0. The largest absolute Gasteiger partial charge is 0.497 e. The minimum Gasteiger partial charge on any atom is -0.497 e. The lowest BCUT2D eigenvalue weighted by Crippen LogP contribution is -2.50. The van der Waals surface area contributed by atoms with Gasteiger partial charge in [0.05, 0.1) is 7.11 Å². The summed E-state index contributed by atoms with van der Waals surface area (Å²) in [6, 6.07) is 13.2. The van der Waals surface area contributed by atoms with Crippen molar-refractivity contribution < 1.29 is 28.0 Å². The van der Waals surface area contributed by atoms with E-state index in [1.165, 1.54) is 17.0 Å². The fourth-order valence-electron chi connectivity index (χ4n) is 3.85. The van der Waals surface area contributed by atoms with E-state index in [0.717, 1.165) is 0 Å². The predicted octanol–water partition coefficient (Wildman–Crippen LogP) is 4.92. The normalized spacial score (nSPS) is 11.9. The van der Waals surface area contributed by atoms with Crippen LogP contribution in [0.5, 0.6) is 5.75 Å². The van der Waals surface area contributed by atoms with Crippen molar-refractivity contribution in [2.24, 2.45) is 0 Å². The van der Waals surface area contributed by atoms with Gasteiger partial charge in [-0.15, -0.1) is 0 Å². The van der Waals surface area contributed by atoms with E-state index in [9.17, 15) is 18.8 Å². The molecule has 208 valence electrons. The first kappa shape index (κ1) is 29.3. The molecule has 0 spiro atoms. The second kappa shape index (κ2) is 13.0. The Morgan fingerprint density at radius 3 is 2.31 bits per heavy atom. The molecular weight excluding hydrogens is 503 g/mol. The lowest BCUT2D eigenvalue weighted by atomic mass is 9.98. The van der Waals surface area contributed by atoms with Crippen LogP contribution in [0.4, 0.5) is 10.2 Å². The Hall–Kier alpha value is -4.21. The Balaban J connectivity index is 1.93. The van der Waals surface area contributed by atoms with Crippen LogP contribution in [0.15, 0.2) is 59.1 Å². The summed E-state index contributed by atoms with van der Waals surface area (Å²) in [5, 5.41) is 9.37. The van der Waals surface area contributed by atoms with E-state index in [1.54, 1.807) is 56.5 Å². The van der Waals surface area contributed by atoms with Crippen LogP contribution in [-0.4, -0.2) is 40.4 Å². The molecule has 0 unspecified atom stereocenters. The number of amides is 3. The van der Waals surface area contributed by atoms with E-state index in [-0.39, 0.29) is 31.1 Å². The van der Waals surface area contributed by atoms with Crippen LogP contribution < -0.4 is 15.4 Å². The molecule has 0 fully saturated rings. The Morgan fingerprint density at radius 1 is 1.08 bits per heavy atom. The molecular formula is C29H35FN4O5. The van der Waals surface area contributed by atoms with E-state index < -0.39 is 29.2 Å². The molecule has 0 aliphatic carbocycles.